The Hall–Kier alpha value is -0.770. The van der Waals surface area contributed by atoms with Crippen LogP contribution >= 0.6 is 0 Å². The number of nitrogens with zero attached hydrogens (tertiary/aromatic N) is 1. The van der Waals surface area contributed by atoms with Crippen molar-refractivity contribution in [2.75, 3.05) is 26.2 Å². The van der Waals surface area contributed by atoms with E-state index in [1.165, 1.54) is 6.42 Å². The lowest BCUT2D eigenvalue weighted by Gasteiger charge is -2.44. The molecule has 0 spiro atoms. The van der Waals surface area contributed by atoms with Crippen LogP contribution in [0.3, 0.4) is 0 Å². The second kappa shape index (κ2) is 4.62. The first-order valence-corrected chi connectivity index (χ1v) is 6.24. The van der Waals surface area contributed by atoms with Crippen LogP contribution < -0.4 is 5.32 Å². The Bertz CT molecular complexity index is 260. The summed E-state index contributed by atoms with van der Waals surface area (Å²) in [5, 5.41) is 2.97. The summed E-state index contributed by atoms with van der Waals surface area (Å²) < 4.78 is 5.45. The molecule has 1 N–H and O–H groups in total. The number of hydrogen-bond acceptors (Lipinski definition) is 2. The van der Waals surface area contributed by atoms with Gasteiger partial charge in [0.15, 0.2) is 0 Å². The molecule has 1 atom stereocenters. The molecule has 0 aromatic carbocycles. The van der Waals surface area contributed by atoms with Gasteiger partial charge in [-0.1, -0.05) is 13.8 Å². The maximum Gasteiger partial charge on any atom is 0.317 e. The van der Waals surface area contributed by atoms with E-state index in [0.29, 0.717) is 6.54 Å². The van der Waals surface area contributed by atoms with Crippen LogP contribution in [-0.2, 0) is 4.74 Å². The molecule has 0 aromatic rings. The van der Waals surface area contributed by atoms with Crippen molar-refractivity contribution in [3.8, 4) is 0 Å². The van der Waals surface area contributed by atoms with Crippen molar-refractivity contribution in [1.82, 2.24) is 10.2 Å². The topological polar surface area (TPSA) is 41.6 Å². The third kappa shape index (κ3) is 2.48. The lowest BCUT2D eigenvalue weighted by Crippen LogP contribution is -2.55. The third-order valence-electron chi connectivity index (χ3n) is 3.61. The van der Waals surface area contributed by atoms with Gasteiger partial charge in [0.2, 0.25) is 0 Å². The Morgan fingerprint density at radius 3 is 2.56 bits per heavy atom. The molecule has 0 radical (unpaired) electrons. The summed E-state index contributed by atoms with van der Waals surface area (Å²) in [7, 11) is 0. The molecule has 2 heterocycles. The van der Waals surface area contributed by atoms with Crippen molar-refractivity contribution >= 4 is 6.03 Å². The number of nitrogens with one attached hydrogen (secondary N) is 1. The summed E-state index contributed by atoms with van der Waals surface area (Å²) in [6.07, 6.45) is 3.71. The molecule has 2 saturated heterocycles. The molecule has 2 fully saturated rings. The van der Waals surface area contributed by atoms with Crippen LogP contribution in [-0.4, -0.2) is 43.3 Å². The summed E-state index contributed by atoms with van der Waals surface area (Å²) in [6.45, 7) is 7.60. The fourth-order valence-electron chi connectivity index (χ4n) is 2.26. The number of amides is 2. The zero-order valence-corrected chi connectivity index (χ0v) is 10.3. The predicted molar refractivity (Wildman–Crippen MR) is 62.3 cm³/mol. The van der Waals surface area contributed by atoms with Gasteiger partial charge in [-0.3, -0.25) is 0 Å². The molecular formula is C12H22N2O2. The van der Waals surface area contributed by atoms with Crippen LogP contribution in [0.15, 0.2) is 0 Å². The SMILES string of the molecule is CC1(C)COC1CNC(=O)N1CCCCC1. The third-order valence-corrected chi connectivity index (χ3v) is 3.61. The maximum absolute atomic E-state index is 11.8. The van der Waals surface area contributed by atoms with Crippen LogP contribution in [0.25, 0.3) is 0 Å². The first kappa shape index (κ1) is 11.7. The molecule has 92 valence electrons. The van der Waals surface area contributed by atoms with E-state index in [9.17, 15) is 4.79 Å². The van der Waals surface area contributed by atoms with Crippen LogP contribution in [0.2, 0.25) is 0 Å². The van der Waals surface area contributed by atoms with Gasteiger partial charge in [0.1, 0.15) is 0 Å². The summed E-state index contributed by atoms with van der Waals surface area (Å²) in [4.78, 5) is 13.7. The Morgan fingerprint density at radius 1 is 1.38 bits per heavy atom. The van der Waals surface area contributed by atoms with Crippen LogP contribution in [0.5, 0.6) is 0 Å². The monoisotopic (exact) mass is 226 g/mol. The Kier molecular flexibility index (Phi) is 3.38. The van der Waals surface area contributed by atoms with E-state index in [4.69, 9.17) is 4.74 Å². The Morgan fingerprint density at radius 2 is 2.06 bits per heavy atom. The standard InChI is InChI=1S/C12H22N2O2/c1-12(2)9-16-10(12)8-13-11(15)14-6-4-3-5-7-14/h10H,3-9H2,1-2H3,(H,13,15). The van der Waals surface area contributed by atoms with Crippen molar-refractivity contribution in [2.45, 2.75) is 39.2 Å². The van der Waals surface area contributed by atoms with E-state index >= 15 is 0 Å². The number of piperidine rings is 1. The zero-order chi connectivity index (χ0) is 11.6. The molecule has 0 saturated carbocycles. The van der Waals surface area contributed by atoms with Gasteiger partial charge in [0.25, 0.3) is 0 Å². The highest BCUT2D eigenvalue weighted by Gasteiger charge is 2.40. The van der Waals surface area contributed by atoms with Gasteiger partial charge in [-0.05, 0) is 19.3 Å². The fourth-order valence-corrected chi connectivity index (χ4v) is 2.26. The predicted octanol–water partition coefficient (Wildman–Crippen LogP) is 1.61. The number of carbonyl (C=O) groups is 1. The highest BCUT2D eigenvalue weighted by molar-refractivity contribution is 5.74. The molecule has 0 bridgehead atoms. The minimum atomic E-state index is 0.0750. The summed E-state index contributed by atoms with van der Waals surface area (Å²) >= 11 is 0. The average molecular weight is 226 g/mol. The number of carbonyl (C=O) groups excluding carboxylic acids is 1. The maximum atomic E-state index is 11.8. The molecule has 2 amide bonds. The molecule has 0 aliphatic carbocycles. The van der Waals surface area contributed by atoms with Gasteiger partial charge in [-0.2, -0.15) is 0 Å². The summed E-state index contributed by atoms with van der Waals surface area (Å²) in [5.41, 5.74) is 0.217. The number of hydrogen-bond donors (Lipinski definition) is 1. The highest BCUT2D eigenvalue weighted by Crippen LogP contribution is 2.33. The lowest BCUT2D eigenvalue weighted by atomic mass is 9.82. The van der Waals surface area contributed by atoms with E-state index in [1.54, 1.807) is 0 Å². The smallest absolute Gasteiger partial charge is 0.317 e. The molecule has 1 unspecified atom stereocenters. The number of urea groups is 1. The minimum Gasteiger partial charge on any atom is -0.375 e. The first-order valence-electron chi connectivity index (χ1n) is 6.24. The normalized spacial score (nSPS) is 28.4. The van der Waals surface area contributed by atoms with Crippen LogP contribution in [0.4, 0.5) is 4.79 Å². The molecule has 2 aliphatic heterocycles. The molecular weight excluding hydrogens is 204 g/mol. The molecule has 2 aliphatic rings. The molecule has 16 heavy (non-hydrogen) atoms. The zero-order valence-electron chi connectivity index (χ0n) is 10.3. The van der Waals surface area contributed by atoms with Gasteiger partial charge in [0.05, 0.1) is 12.7 Å². The number of ether oxygens (including phenoxy) is 1. The fraction of sp³-hybridized carbons (Fsp3) is 0.917. The van der Waals surface area contributed by atoms with Gasteiger partial charge >= 0.3 is 6.03 Å². The van der Waals surface area contributed by atoms with E-state index in [0.717, 1.165) is 32.5 Å². The van der Waals surface area contributed by atoms with E-state index in [-0.39, 0.29) is 17.6 Å². The van der Waals surface area contributed by atoms with Crippen LogP contribution in [0.1, 0.15) is 33.1 Å². The van der Waals surface area contributed by atoms with Gasteiger partial charge in [-0.25, -0.2) is 4.79 Å². The van der Waals surface area contributed by atoms with Crippen molar-refractivity contribution in [2.24, 2.45) is 5.41 Å². The lowest BCUT2D eigenvalue weighted by molar-refractivity contribution is -0.163. The second-order valence-electron chi connectivity index (χ2n) is 5.52. The van der Waals surface area contributed by atoms with E-state index in [2.05, 4.69) is 19.2 Å². The average Bonchev–Trinajstić information content (AvgIpc) is 2.29. The Balaban J connectivity index is 1.71. The molecule has 4 nitrogen and oxygen atoms in total. The quantitative estimate of drug-likeness (QED) is 0.777. The van der Waals surface area contributed by atoms with Gasteiger partial charge < -0.3 is 15.0 Å². The van der Waals surface area contributed by atoms with Gasteiger partial charge in [-0.15, -0.1) is 0 Å². The van der Waals surface area contributed by atoms with Crippen molar-refractivity contribution < 1.29 is 9.53 Å². The number of rotatable bonds is 2. The Labute approximate surface area is 97.3 Å². The van der Waals surface area contributed by atoms with Crippen molar-refractivity contribution in [1.29, 1.82) is 0 Å². The largest absolute Gasteiger partial charge is 0.375 e. The molecule has 2 rings (SSSR count). The van der Waals surface area contributed by atoms with Gasteiger partial charge in [0, 0.05) is 25.0 Å². The van der Waals surface area contributed by atoms with E-state index < -0.39 is 0 Å². The summed E-state index contributed by atoms with van der Waals surface area (Å²) in [6, 6.07) is 0.0750. The van der Waals surface area contributed by atoms with Crippen LogP contribution in [0, 0.1) is 5.41 Å². The van der Waals surface area contributed by atoms with Crippen molar-refractivity contribution in [3.05, 3.63) is 0 Å². The second-order valence-corrected chi connectivity index (χ2v) is 5.52. The highest BCUT2D eigenvalue weighted by atomic mass is 16.5. The molecule has 0 aromatic heterocycles. The van der Waals surface area contributed by atoms with Crippen molar-refractivity contribution in [3.63, 3.8) is 0 Å². The summed E-state index contributed by atoms with van der Waals surface area (Å²) in [5.74, 6) is 0. The number of likely N-dealkylation sites (tertiary alicyclic amines) is 1. The molecule has 4 heteroatoms. The first-order chi connectivity index (χ1) is 7.59. The van der Waals surface area contributed by atoms with E-state index in [1.807, 2.05) is 4.90 Å². The minimum absolute atomic E-state index is 0.0750.